The molecule has 1 aliphatic rings. The number of hydrogen-bond donors (Lipinski definition) is 1. The average Bonchev–Trinajstić information content (AvgIpc) is 2.65. The highest BCUT2D eigenvalue weighted by Gasteiger charge is 2.11. The molecule has 1 N–H and O–H groups in total. The van der Waals surface area contributed by atoms with E-state index in [0.29, 0.717) is 0 Å². The van der Waals surface area contributed by atoms with Crippen molar-refractivity contribution in [1.82, 2.24) is 10.4 Å². The monoisotopic (exact) mass is 271 g/mol. The van der Waals surface area contributed by atoms with Crippen LogP contribution in [0.4, 0.5) is 5.69 Å². The van der Waals surface area contributed by atoms with Gasteiger partial charge in [0.05, 0.1) is 12.8 Å². The zero-order valence-corrected chi connectivity index (χ0v) is 10.4. The fourth-order valence-corrected chi connectivity index (χ4v) is 1.35. The van der Waals surface area contributed by atoms with E-state index in [0.717, 1.165) is 11.4 Å². The highest BCUT2D eigenvalue weighted by Crippen LogP contribution is 2.20. The molecule has 2 rings (SSSR count). The zero-order valence-electron chi connectivity index (χ0n) is 8.68. The Bertz CT molecular complexity index is 339. The van der Waals surface area contributed by atoms with E-state index in [-0.39, 0.29) is 17.0 Å². The Morgan fingerprint density at radius 3 is 2.33 bits per heavy atom. The van der Waals surface area contributed by atoms with Crippen LogP contribution in [0.3, 0.4) is 0 Å². The largest absolute Gasteiger partial charge is 0.497 e. The SMILES string of the molecule is Br.COc1ccc(N2NC=CN2C)cc1. The Labute approximate surface area is 99.8 Å². The Morgan fingerprint density at radius 1 is 1.20 bits per heavy atom. The van der Waals surface area contributed by atoms with E-state index >= 15 is 0 Å². The lowest BCUT2D eigenvalue weighted by Gasteiger charge is -2.26. The Morgan fingerprint density at radius 2 is 1.87 bits per heavy atom. The lowest BCUT2D eigenvalue weighted by molar-refractivity contribution is 0.410. The van der Waals surface area contributed by atoms with Gasteiger partial charge >= 0.3 is 0 Å². The summed E-state index contributed by atoms with van der Waals surface area (Å²) in [5.74, 6) is 0.864. The summed E-state index contributed by atoms with van der Waals surface area (Å²) in [7, 11) is 3.64. The van der Waals surface area contributed by atoms with Gasteiger partial charge in [0.15, 0.2) is 0 Å². The number of halogens is 1. The summed E-state index contributed by atoms with van der Waals surface area (Å²) in [6.45, 7) is 0. The van der Waals surface area contributed by atoms with Gasteiger partial charge in [-0.05, 0) is 24.3 Å². The van der Waals surface area contributed by atoms with Crippen molar-refractivity contribution in [1.29, 1.82) is 0 Å². The fourth-order valence-electron chi connectivity index (χ4n) is 1.35. The number of rotatable bonds is 2. The molecule has 0 spiro atoms. The van der Waals surface area contributed by atoms with E-state index in [1.807, 2.05) is 53.8 Å². The van der Waals surface area contributed by atoms with Crippen LogP contribution >= 0.6 is 17.0 Å². The van der Waals surface area contributed by atoms with Crippen LogP contribution in [-0.2, 0) is 0 Å². The van der Waals surface area contributed by atoms with Crippen molar-refractivity contribution in [2.75, 3.05) is 19.3 Å². The number of hydrazine groups is 2. The van der Waals surface area contributed by atoms with Crippen molar-refractivity contribution in [3.8, 4) is 5.75 Å². The van der Waals surface area contributed by atoms with Gasteiger partial charge in [0.2, 0.25) is 0 Å². The molecule has 0 atom stereocenters. The summed E-state index contributed by atoms with van der Waals surface area (Å²) in [6, 6.07) is 7.86. The minimum Gasteiger partial charge on any atom is -0.497 e. The Balaban J connectivity index is 0.00000112. The third-order valence-corrected chi connectivity index (χ3v) is 2.12. The molecule has 0 unspecified atom stereocenters. The summed E-state index contributed by atoms with van der Waals surface area (Å²) in [6.07, 6.45) is 3.83. The first-order valence-corrected chi connectivity index (χ1v) is 4.41. The maximum absolute atomic E-state index is 5.09. The molecule has 1 heterocycles. The van der Waals surface area contributed by atoms with Crippen molar-refractivity contribution in [3.05, 3.63) is 36.7 Å². The van der Waals surface area contributed by atoms with Gasteiger partial charge < -0.3 is 4.74 Å². The van der Waals surface area contributed by atoms with E-state index in [9.17, 15) is 0 Å². The molecule has 0 saturated heterocycles. The molecule has 0 saturated carbocycles. The number of hydrogen-bond acceptors (Lipinski definition) is 4. The van der Waals surface area contributed by atoms with Crippen LogP contribution in [0.1, 0.15) is 0 Å². The lowest BCUT2D eigenvalue weighted by Crippen LogP contribution is -2.39. The molecule has 0 fully saturated rings. The van der Waals surface area contributed by atoms with Crippen LogP contribution in [0, 0.1) is 0 Å². The summed E-state index contributed by atoms with van der Waals surface area (Å²) in [5.41, 5.74) is 4.17. The Hall–Kier alpha value is -1.36. The van der Waals surface area contributed by atoms with Crippen LogP contribution < -0.4 is 15.3 Å². The van der Waals surface area contributed by atoms with E-state index < -0.39 is 0 Å². The van der Waals surface area contributed by atoms with E-state index in [4.69, 9.17) is 4.74 Å². The first-order valence-electron chi connectivity index (χ1n) is 4.41. The third kappa shape index (κ3) is 2.36. The second kappa shape index (κ2) is 4.93. The second-order valence-electron chi connectivity index (χ2n) is 3.03. The smallest absolute Gasteiger partial charge is 0.119 e. The van der Waals surface area contributed by atoms with E-state index in [1.165, 1.54) is 0 Å². The van der Waals surface area contributed by atoms with E-state index in [2.05, 4.69) is 5.43 Å². The second-order valence-corrected chi connectivity index (χ2v) is 3.03. The molecule has 1 aromatic carbocycles. The van der Waals surface area contributed by atoms with Gasteiger partial charge in [-0.1, -0.05) is 0 Å². The minimum atomic E-state index is 0. The van der Waals surface area contributed by atoms with Crippen LogP contribution in [0.5, 0.6) is 5.75 Å². The van der Waals surface area contributed by atoms with Gasteiger partial charge in [-0.2, -0.15) is 5.12 Å². The number of nitrogens with one attached hydrogen (secondary N) is 1. The van der Waals surface area contributed by atoms with Crippen LogP contribution in [0.2, 0.25) is 0 Å². The Kier molecular flexibility index (Phi) is 3.85. The fraction of sp³-hybridized carbons (Fsp3) is 0.200. The maximum Gasteiger partial charge on any atom is 0.119 e. The molecule has 0 aliphatic carbocycles. The minimum absolute atomic E-state index is 0. The van der Waals surface area contributed by atoms with Gasteiger partial charge in [0.1, 0.15) is 5.75 Å². The summed E-state index contributed by atoms with van der Waals surface area (Å²) in [4.78, 5) is 0. The first-order chi connectivity index (χ1) is 6.81. The molecule has 0 amide bonds. The summed E-state index contributed by atoms with van der Waals surface area (Å²) >= 11 is 0. The molecular weight excluding hydrogens is 258 g/mol. The summed E-state index contributed by atoms with van der Waals surface area (Å²) in [5, 5.41) is 3.89. The topological polar surface area (TPSA) is 27.7 Å². The quantitative estimate of drug-likeness (QED) is 0.890. The van der Waals surface area contributed by atoms with Gasteiger partial charge in [0, 0.05) is 19.4 Å². The molecule has 0 aromatic heterocycles. The highest BCUT2D eigenvalue weighted by molar-refractivity contribution is 8.93. The molecule has 5 heteroatoms. The van der Waals surface area contributed by atoms with Crippen molar-refractivity contribution in [2.24, 2.45) is 0 Å². The van der Waals surface area contributed by atoms with Crippen molar-refractivity contribution in [2.45, 2.75) is 0 Å². The number of methoxy groups -OCH3 is 1. The maximum atomic E-state index is 5.09. The number of benzene rings is 1. The standard InChI is InChI=1S/C10H13N3O.BrH/c1-12-8-7-11-13(12)9-3-5-10(14-2)6-4-9;/h3-8,11H,1-2H3;1H. The molecule has 0 radical (unpaired) electrons. The zero-order chi connectivity index (χ0) is 9.97. The van der Waals surface area contributed by atoms with E-state index in [1.54, 1.807) is 7.11 Å². The van der Waals surface area contributed by atoms with Crippen LogP contribution in [0.15, 0.2) is 36.7 Å². The van der Waals surface area contributed by atoms with Crippen molar-refractivity contribution < 1.29 is 4.74 Å². The number of nitrogens with zero attached hydrogens (tertiary/aromatic N) is 2. The predicted molar refractivity (Wildman–Crippen MR) is 65.8 cm³/mol. The summed E-state index contributed by atoms with van der Waals surface area (Å²) < 4.78 is 5.09. The van der Waals surface area contributed by atoms with Crippen molar-refractivity contribution in [3.63, 3.8) is 0 Å². The molecule has 15 heavy (non-hydrogen) atoms. The normalized spacial score (nSPS) is 13.5. The molecule has 0 bridgehead atoms. The molecule has 1 aromatic rings. The molecular formula is C10H14BrN3O. The van der Waals surface area contributed by atoms with Crippen molar-refractivity contribution >= 4 is 22.7 Å². The first kappa shape index (κ1) is 11.7. The molecule has 1 aliphatic heterocycles. The third-order valence-electron chi connectivity index (χ3n) is 2.12. The van der Waals surface area contributed by atoms with Gasteiger partial charge in [-0.25, -0.2) is 0 Å². The van der Waals surface area contributed by atoms with Crippen LogP contribution in [-0.4, -0.2) is 19.2 Å². The number of ether oxygens (including phenoxy) is 1. The average molecular weight is 272 g/mol. The molecule has 4 nitrogen and oxygen atoms in total. The highest BCUT2D eigenvalue weighted by atomic mass is 79.9. The van der Waals surface area contributed by atoms with Gasteiger partial charge in [0.25, 0.3) is 0 Å². The lowest BCUT2D eigenvalue weighted by atomic mass is 10.3. The number of anilines is 1. The van der Waals surface area contributed by atoms with Crippen LogP contribution in [0.25, 0.3) is 0 Å². The van der Waals surface area contributed by atoms with Gasteiger partial charge in [-0.3, -0.25) is 10.4 Å². The predicted octanol–water partition coefficient (Wildman–Crippen LogP) is 1.92. The van der Waals surface area contributed by atoms with Gasteiger partial charge in [-0.15, -0.1) is 17.0 Å². The molecule has 82 valence electrons.